The quantitative estimate of drug-likeness (QED) is 0.663. The van der Waals surface area contributed by atoms with Gasteiger partial charge in [0.05, 0.1) is 16.9 Å². The van der Waals surface area contributed by atoms with E-state index in [1.165, 1.54) is 10.1 Å². The highest BCUT2D eigenvalue weighted by molar-refractivity contribution is 5.78. The number of carbonyl (C=O) groups excluding carboxylic acids is 1. The summed E-state index contributed by atoms with van der Waals surface area (Å²) in [7, 11) is 1.70. The number of benzene rings is 2. The normalized spacial score (nSPS) is 12.3. The standard InChI is InChI=1S/C24H29N3O2/c1-16(2)15-18-9-11-19(12-10-18)17(3)25-23(28)14-13-22-26-21-8-6-5-7-20(21)24(29)27(22)4/h5-12,16-17H,13-15H2,1-4H3,(H,25,28)/t17-/m1/s1. The van der Waals surface area contributed by atoms with Crippen molar-refractivity contribution in [2.24, 2.45) is 13.0 Å². The Hall–Kier alpha value is -2.95. The van der Waals surface area contributed by atoms with E-state index < -0.39 is 0 Å². The molecule has 0 bridgehead atoms. The van der Waals surface area contributed by atoms with E-state index in [1.54, 1.807) is 13.1 Å². The van der Waals surface area contributed by atoms with Crippen LogP contribution in [-0.4, -0.2) is 15.5 Å². The van der Waals surface area contributed by atoms with Gasteiger partial charge in [-0.3, -0.25) is 14.2 Å². The van der Waals surface area contributed by atoms with Crippen LogP contribution in [-0.2, 0) is 24.7 Å². The lowest BCUT2D eigenvalue weighted by atomic mass is 10.00. The summed E-state index contributed by atoms with van der Waals surface area (Å²) >= 11 is 0. The number of aromatic nitrogens is 2. The highest BCUT2D eigenvalue weighted by Gasteiger charge is 2.13. The number of para-hydroxylation sites is 1. The molecule has 0 radical (unpaired) electrons. The minimum atomic E-state index is -0.0825. The molecular formula is C24H29N3O2. The average molecular weight is 392 g/mol. The minimum absolute atomic E-state index is 0.0498. The zero-order valence-electron chi connectivity index (χ0n) is 17.6. The van der Waals surface area contributed by atoms with Crippen molar-refractivity contribution in [3.63, 3.8) is 0 Å². The van der Waals surface area contributed by atoms with E-state index in [0.29, 0.717) is 29.1 Å². The van der Waals surface area contributed by atoms with Crippen molar-refractivity contribution in [3.8, 4) is 0 Å². The molecule has 0 saturated heterocycles. The molecule has 5 nitrogen and oxygen atoms in total. The third kappa shape index (κ3) is 5.11. The number of hydrogen-bond donors (Lipinski definition) is 1. The zero-order valence-corrected chi connectivity index (χ0v) is 17.6. The highest BCUT2D eigenvalue weighted by Crippen LogP contribution is 2.16. The Morgan fingerprint density at radius 3 is 2.45 bits per heavy atom. The van der Waals surface area contributed by atoms with Crippen LogP contribution in [0.2, 0.25) is 0 Å². The van der Waals surface area contributed by atoms with Crippen LogP contribution < -0.4 is 10.9 Å². The number of aryl methyl sites for hydroxylation is 1. The van der Waals surface area contributed by atoms with E-state index in [0.717, 1.165) is 12.0 Å². The van der Waals surface area contributed by atoms with Crippen molar-refractivity contribution in [1.29, 1.82) is 0 Å². The molecular weight excluding hydrogens is 362 g/mol. The number of carbonyl (C=O) groups is 1. The van der Waals surface area contributed by atoms with Crippen LogP contribution in [0, 0.1) is 5.92 Å². The summed E-state index contributed by atoms with van der Waals surface area (Å²) in [5, 5.41) is 3.64. The number of rotatable bonds is 7. The molecule has 152 valence electrons. The van der Waals surface area contributed by atoms with Gasteiger partial charge in [-0.2, -0.15) is 0 Å². The summed E-state index contributed by atoms with van der Waals surface area (Å²) in [6.45, 7) is 6.40. The predicted octanol–water partition coefficient (Wildman–Crippen LogP) is 3.94. The first-order valence-corrected chi connectivity index (χ1v) is 10.2. The number of nitrogens with one attached hydrogen (secondary N) is 1. The van der Waals surface area contributed by atoms with Crippen LogP contribution in [0.3, 0.4) is 0 Å². The third-order valence-corrected chi connectivity index (χ3v) is 5.15. The largest absolute Gasteiger partial charge is 0.350 e. The number of amides is 1. The summed E-state index contributed by atoms with van der Waals surface area (Å²) in [4.78, 5) is 29.5. The van der Waals surface area contributed by atoms with Crippen LogP contribution in [0.5, 0.6) is 0 Å². The topological polar surface area (TPSA) is 64.0 Å². The molecule has 2 aromatic carbocycles. The monoisotopic (exact) mass is 391 g/mol. The van der Waals surface area contributed by atoms with Gasteiger partial charge in [0, 0.05) is 19.9 Å². The summed E-state index contributed by atoms with van der Waals surface area (Å²) < 4.78 is 1.53. The van der Waals surface area contributed by atoms with E-state index in [-0.39, 0.29) is 23.9 Å². The fourth-order valence-electron chi connectivity index (χ4n) is 3.52. The summed E-state index contributed by atoms with van der Waals surface area (Å²) in [6, 6.07) is 15.6. The van der Waals surface area contributed by atoms with Gasteiger partial charge in [-0.1, -0.05) is 50.2 Å². The molecule has 1 amide bonds. The average Bonchev–Trinajstić information content (AvgIpc) is 2.69. The number of fused-ring (bicyclic) bond motifs is 1. The Morgan fingerprint density at radius 1 is 1.07 bits per heavy atom. The number of hydrogen-bond acceptors (Lipinski definition) is 3. The molecule has 1 aromatic heterocycles. The lowest BCUT2D eigenvalue weighted by Gasteiger charge is -2.16. The van der Waals surface area contributed by atoms with Crippen molar-refractivity contribution in [2.45, 2.75) is 46.1 Å². The highest BCUT2D eigenvalue weighted by atomic mass is 16.1. The Bertz CT molecular complexity index is 1050. The molecule has 0 aliphatic carbocycles. The first kappa shape index (κ1) is 20.8. The summed E-state index contributed by atoms with van der Waals surface area (Å²) in [5.74, 6) is 1.19. The van der Waals surface area contributed by atoms with Crippen LogP contribution in [0.25, 0.3) is 10.9 Å². The molecule has 29 heavy (non-hydrogen) atoms. The first-order chi connectivity index (χ1) is 13.8. The van der Waals surface area contributed by atoms with Gasteiger partial charge >= 0.3 is 0 Å². The molecule has 1 heterocycles. The van der Waals surface area contributed by atoms with Crippen molar-refractivity contribution >= 4 is 16.8 Å². The van der Waals surface area contributed by atoms with E-state index >= 15 is 0 Å². The molecule has 1 N–H and O–H groups in total. The molecule has 0 unspecified atom stereocenters. The fraction of sp³-hybridized carbons (Fsp3) is 0.375. The van der Waals surface area contributed by atoms with Crippen LogP contribution >= 0.6 is 0 Å². The minimum Gasteiger partial charge on any atom is -0.350 e. The van der Waals surface area contributed by atoms with Gasteiger partial charge in [-0.25, -0.2) is 4.98 Å². The van der Waals surface area contributed by atoms with Crippen LogP contribution in [0.15, 0.2) is 53.3 Å². The Balaban J connectivity index is 1.62. The maximum atomic E-state index is 12.5. The van der Waals surface area contributed by atoms with E-state index in [4.69, 9.17) is 0 Å². The molecule has 0 spiro atoms. The third-order valence-electron chi connectivity index (χ3n) is 5.15. The van der Waals surface area contributed by atoms with Crippen molar-refractivity contribution in [3.05, 3.63) is 75.8 Å². The van der Waals surface area contributed by atoms with Gasteiger partial charge in [0.2, 0.25) is 5.91 Å². The maximum absolute atomic E-state index is 12.5. The summed E-state index contributed by atoms with van der Waals surface area (Å²) in [6.07, 6.45) is 1.76. The van der Waals surface area contributed by atoms with E-state index in [2.05, 4.69) is 48.4 Å². The van der Waals surface area contributed by atoms with Crippen LogP contribution in [0.1, 0.15) is 50.2 Å². The van der Waals surface area contributed by atoms with Crippen molar-refractivity contribution in [1.82, 2.24) is 14.9 Å². The lowest BCUT2D eigenvalue weighted by Crippen LogP contribution is -2.28. The van der Waals surface area contributed by atoms with Gasteiger partial charge in [0.25, 0.3) is 5.56 Å². The van der Waals surface area contributed by atoms with Crippen molar-refractivity contribution in [2.75, 3.05) is 0 Å². The second-order valence-corrected chi connectivity index (χ2v) is 8.04. The molecule has 5 heteroatoms. The molecule has 0 fully saturated rings. The molecule has 3 aromatic rings. The van der Waals surface area contributed by atoms with Gasteiger partial charge in [-0.15, -0.1) is 0 Å². The summed E-state index contributed by atoms with van der Waals surface area (Å²) in [5.41, 5.74) is 2.98. The molecule has 1 atom stereocenters. The lowest BCUT2D eigenvalue weighted by molar-refractivity contribution is -0.121. The smallest absolute Gasteiger partial charge is 0.261 e. The first-order valence-electron chi connectivity index (χ1n) is 10.2. The Morgan fingerprint density at radius 2 is 1.76 bits per heavy atom. The van der Waals surface area contributed by atoms with E-state index in [9.17, 15) is 9.59 Å². The predicted molar refractivity (Wildman–Crippen MR) is 117 cm³/mol. The number of nitrogens with zero attached hydrogens (tertiary/aromatic N) is 2. The molecule has 0 aliphatic heterocycles. The fourth-order valence-corrected chi connectivity index (χ4v) is 3.52. The second kappa shape index (κ2) is 9.03. The van der Waals surface area contributed by atoms with Crippen molar-refractivity contribution < 1.29 is 4.79 Å². The zero-order chi connectivity index (χ0) is 21.0. The maximum Gasteiger partial charge on any atom is 0.261 e. The molecule has 0 aliphatic rings. The van der Waals surface area contributed by atoms with Gasteiger partial charge in [0.15, 0.2) is 0 Å². The van der Waals surface area contributed by atoms with Gasteiger partial charge < -0.3 is 5.32 Å². The molecule has 0 saturated carbocycles. The van der Waals surface area contributed by atoms with Gasteiger partial charge in [0.1, 0.15) is 5.82 Å². The van der Waals surface area contributed by atoms with E-state index in [1.807, 2.05) is 25.1 Å². The second-order valence-electron chi connectivity index (χ2n) is 8.04. The van der Waals surface area contributed by atoms with Crippen LogP contribution in [0.4, 0.5) is 0 Å². The Labute approximate surface area is 171 Å². The SMILES string of the molecule is CC(C)Cc1ccc([C@@H](C)NC(=O)CCc2nc3ccccc3c(=O)n2C)cc1. The Kier molecular flexibility index (Phi) is 6.47. The van der Waals surface area contributed by atoms with Gasteiger partial charge in [-0.05, 0) is 42.5 Å². The molecule has 3 rings (SSSR count).